The van der Waals surface area contributed by atoms with Crippen molar-refractivity contribution in [3.05, 3.63) is 29.0 Å². The first-order valence-corrected chi connectivity index (χ1v) is 6.81. The summed E-state index contributed by atoms with van der Waals surface area (Å²) in [6.45, 7) is 6.49. The van der Waals surface area contributed by atoms with Gasteiger partial charge in [0, 0.05) is 0 Å². The lowest BCUT2D eigenvalue weighted by Gasteiger charge is -2.08. The first kappa shape index (κ1) is 13.3. The fraction of sp³-hybridized carbons (Fsp3) is 0.688. The van der Waals surface area contributed by atoms with Gasteiger partial charge in [0.2, 0.25) is 0 Å². The van der Waals surface area contributed by atoms with Gasteiger partial charge in [-0.15, -0.1) is 5.73 Å². The highest BCUT2D eigenvalue weighted by Crippen LogP contribution is 2.34. The molecule has 16 heavy (non-hydrogen) atoms. The maximum absolute atomic E-state index is 3.32. The van der Waals surface area contributed by atoms with Gasteiger partial charge in [-0.25, -0.2) is 0 Å². The van der Waals surface area contributed by atoms with E-state index in [9.17, 15) is 0 Å². The molecule has 0 amide bonds. The third-order valence-electron chi connectivity index (χ3n) is 3.30. The summed E-state index contributed by atoms with van der Waals surface area (Å²) in [5.41, 5.74) is 6.33. The summed E-state index contributed by atoms with van der Waals surface area (Å²) in [6.07, 6.45) is 14.0. The Morgan fingerprint density at radius 1 is 1.44 bits per heavy atom. The standard InChI is InChI=1S/C16H26/c1-4-5-6-10-15-12-8-13-16(15)11-7-9-14(2)3/h7,10,16H,4-6,8,11-13H2,1-3H3/b15-10-. The Labute approximate surface area is 101 Å². The van der Waals surface area contributed by atoms with Crippen LogP contribution in [-0.4, -0.2) is 0 Å². The van der Waals surface area contributed by atoms with E-state index in [2.05, 4.69) is 38.7 Å². The van der Waals surface area contributed by atoms with Crippen molar-refractivity contribution in [1.82, 2.24) is 0 Å². The molecule has 1 atom stereocenters. The minimum absolute atomic E-state index is 0.823. The second-order valence-electron chi connectivity index (χ2n) is 5.09. The molecule has 1 saturated carbocycles. The zero-order valence-electron chi connectivity index (χ0n) is 11.2. The molecule has 0 aliphatic heterocycles. The Morgan fingerprint density at radius 3 is 2.94 bits per heavy atom. The van der Waals surface area contributed by atoms with Gasteiger partial charge >= 0.3 is 0 Å². The van der Waals surface area contributed by atoms with Crippen molar-refractivity contribution in [2.45, 2.75) is 65.7 Å². The highest BCUT2D eigenvalue weighted by atomic mass is 14.2. The second kappa shape index (κ2) is 7.52. The minimum Gasteiger partial charge on any atom is -0.127 e. The van der Waals surface area contributed by atoms with Crippen molar-refractivity contribution in [3.8, 4) is 0 Å². The summed E-state index contributed by atoms with van der Waals surface area (Å²) in [7, 11) is 0. The van der Waals surface area contributed by atoms with E-state index < -0.39 is 0 Å². The largest absolute Gasteiger partial charge is 0.127 e. The number of hydrogen-bond acceptors (Lipinski definition) is 0. The molecule has 1 unspecified atom stereocenters. The topological polar surface area (TPSA) is 0 Å². The van der Waals surface area contributed by atoms with Gasteiger partial charge in [-0.3, -0.25) is 0 Å². The first-order chi connectivity index (χ1) is 7.74. The van der Waals surface area contributed by atoms with Crippen LogP contribution in [0, 0.1) is 5.92 Å². The van der Waals surface area contributed by atoms with Crippen LogP contribution in [0.25, 0.3) is 0 Å². The summed E-state index contributed by atoms with van der Waals surface area (Å²) >= 11 is 0. The summed E-state index contributed by atoms with van der Waals surface area (Å²) < 4.78 is 0. The molecule has 0 spiro atoms. The average Bonchev–Trinajstić information content (AvgIpc) is 2.66. The number of rotatable bonds is 5. The van der Waals surface area contributed by atoms with Gasteiger partial charge in [-0.2, -0.15) is 0 Å². The van der Waals surface area contributed by atoms with Crippen molar-refractivity contribution in [2.75, 3.05) is 0 Å². The molecule has 0 aromatic heterocycles. The molecule has 1 rings (SSSR count). The van der Waals surface area contributed by atoms with Crippen LogP contribution in [-0.2, 0) is 0 Å². The Balaban J connectivity index is 2.46. The predicted octanol–water partition coefficient (Wildman–Crippen LogP) is 5.41. The van der Waals surface area contributed by atoms with Gasteiger partial charge in [0.1, 0.15) is 0 Å². The van der Waals surface area contributed by atoms with Gasteiger partial charge in [0.05, 0.1) is 0 Å². The van der Waals surface area contributed by atoms with Gasteiger partial charge < -0.3 is 0 Å². The van der Waals surface area contributed by atoms with E-state index in [1.165, 1.54) is 50.5 Å². The molecule has 0 saturated heterocycles. The minimum atomic E-state index is 0.823. The maximum Gasteiger partial charge on any atom is -0.0162 e. The summed E-state index contributed by atoms with van der Waals surface area (Å²) in [5, 5.41) is 0. The number of unbranched alkanes of at least 4 members (excludes halogenated alkanes) is 2. The van der Waals surface area contributed by atoms with E-state index in [1.807, 2.05) is 0 Å². The Hall–Kier alpha value is -0.740. The maximum atomic E-state index is 3.32. The molecule has 1 fully saturated rings. The van der Waals surface area contributed by atoms with Gasteiger partial charge in [-0.05, 0) is 63.5 Å². The fourth-order valence-electron chi connectivity index (χ4n) is 2.38. The molecule has 0 radical (unpaired) electrons. The zero-order valence-corrected chi connectivity index (χ0v) is 11.2. The van der Waals surface area contributed by atoms with Crippen LogP contribution in [0.3, 0.4) is 0 Å². The Bertz CT molecular complexity index is 283. The van der Waals surface area contributed by atoms with Crippen LogP contribution >= 0.6 is 0 Å². The van der Waals surface area contributed by atoms with E-state index in [1.54, 1.807) is 5.57 Å². The predicted molar refractivity (Wildman–Crippen MR) is 72.5 cm³/mol. The molecular weight excluding hydrogens is 192 g/mol. The van der Waals surface area contributed by atoms with E-state index in [0.29, 0.717) is 0 Å². The molecule has 0 aromatic carbocycles. The van der Waals surface area contributed by atoms with Gasteiger partial charge in [0.25, 0.3) is 0 Å². The van der Waals surface area contributed by atoms with Crippen molar-refractivity contribution >= 4 is 0 Å². The molecule has 0 heteroatoms. The SMILES string of the molecule is CCCC/C=C1/CCCC1CC=C=C(C)C. The highest BCUT2D eigenvalue weighted by Gasteiger charge is 2.18. The van der Waals surface area contributed by atoms with Crippen molar-refractivity contribution in [3.63, 3.8) is 0 Å². The van der Waals surface area contributed by atoms with Crippen LogP contribution in [0.1, 0.15) is 65.7 Å². The average molecular weight is 218 g/mol. The van der Waals surface area contributed by atoms with Crippen LogP contribution in [0.15, 0.2) is 29.0 Å². The van der Waals surface area contributed by atoms with Crippen molar-refractivity contribution in [2.24, 2.45) is 5.92 Å². The van der Waals surface area contributed by atoms with Crippen LogP contribution in [0.4, 0.5) is 0 Å². The fourth-order valence-corrected chi connectivity index (χ4v) is 2.38. The van der Waals surface area contributed by atoms with Gasteiger partial charge in [-0.1, -0.05) is 31.4 Å². The molecule has 1 aliphatic carbocycles. The Kier molecular flexibility index (Phi) is 6.26. The summed E-state index contributed by atoms with van der Waals surface area (Å²) in [4.78, 5) is 0. The normalized spacial score (nSPS) is 22.2. The molecule has 0 N–H and O–H groups in total. The molecule has 0 aromatic rings. The van der Waals surface area contributed by atoms with Crippen molar-refractivity contribution in [1.29, 1.82) is 0 Å². The lowest BCUT2D eigenvalue weighted by Crippen LogP contribution is -1.94. The number of allylic oxidation sites excluding steroid dienone is 3. The highest BCUT2D eigenvalue weighted by molar-refractivity contribution is 5.13. The molecule has 90 valence electrons. The van der Waals surface area contributed by atoms with Crippen LogP contribution < -0.4 is 0 Å². The van der Waals surface area contributed by atoms with Crippen molar-refractivity contribution < 1.29 is 0 Å². The Morgan fingerprint density at radius 2 is 2.25 bits per heavy atom. The lowest BCUT2D eigenvalue weighted by molar-refractivity contribution is 0.634. The monoisotopic (exact) mass is 218 g/mol. The third-order valence-corrected chi connectivity index (χ3v) is 3.30. The summed E-state index contributed by atoms with van der Waals surface area (Å²) in [6, 6.07) is 0. The zero-order chi connectivity index (χ0) is 11.8. The van der Waals surface area contributed by atoms with Crippen LogP contribution in [0.2, 0.25) is 0 Å². The summed E-state index contributed by atoms with van der Waals surface area (Å²) in [5.74, 6) is 0.823. The number of hydrogen-bond donors (Lipinski definition) is 0. The lowest BCUT2D eigenvalue weighted by atomic mass is 9.97. The van der Waals surface area contributed by atoms with E-state index in [0.717, 1.165) is 5.92 Å². The first-order valence-electron chi connectivity index (χ1n) is 6.81. The molecule has 0 heterocycles. The van der Waals surface area contributed by atoms with Crippen LogP contribution in [0.5, 0.6) is 0 Å². The van der Waals surface area contributed by atoms with E-state index in [4.69, 9.17) is 0 Å². The van der Waals surface area contributed by atoms with Gasteiger partial charge in [0.15, 0.2) is 0 Å². The van der Waals surface area contributed by atoms with E-state index in [-0.39, 0.29) is 0 Å². The molecule has 0 bridgehead atoms. The molecular formula is C16H26. The smallest absolute Gasteiger partial charge is 0.0162 e. The third kappa shape index (κ3) is 4.86. The van der Waals surface area contributed by atoms with E-state index >= 15 is 0 Å². The molecule has 0 nitrogen and oxygen atoms in total. The quantitative estimate of drug-likeness (QED) is 0.328. The molecule has 1 aliphatic rings. The second-order valence-corrected chi connectivity index (χ2v) is 5.09.